The van der Waals surface area contributed by atoms with E-state index in [1.165, 1.54) is 40.5 Å². The Kier molecular flexibility index (Phi) is 16.6. The van der Waals surface area contributed by atoms with Gasteiger partial charge < -0.3 is 80.3 Å². The van der Waals surface area contributed by atoms with Crippen LogP contribution < -0.4 is 32.9 Å². The molecule has 0 amide bonds. The number of aromatic amines is 2. The van der Waals surface area contributed by atoms with E-state index < -0.39 is 135 Å². The lowest BCUT2D eigenvalue weighted by molar-refractivity contribution is -0.745. The van der Waals surface area contributed by atoms with Gasteiger partial charge in [-0.1, -0.05) is 4.98 Å². The molecule has 6 aromatic heterocycles. The Hall–Kier alpha value is -4.73. The molecule has 38 nitrogen and oxygen atoms in total. The van der Waals surface area contributed by atoms with Gasteiger partial charge in [0.25, 0.3) is 17.1 Å². The van der Waals surface area contributed by atoms with Gasteiger partial charge in [-0.3, -0.25) is 46.8 Å². The Bertz CT molecular complexity index is 3530. The number of aryl methyl sites for hydroxylation is 1. The maximum atomic E-state index is 13.8. The van der Waals surface area contributed by atoms with E-state index in [9.17, 15) is 58.2 Å². The number of ether oxygens (including phenoxy) is 5. The summed E-state index contributed by atoms with van der Waals surface area (Å²) in [7, 11) is -13.0. The number of aromatic nitrogens is 12. The van der Waals surface area contributed by atoms with Crippen LogP contribution in [0.5, 0.6) is 0 Å². The monoisotopic (exact) mass is 1200 g/mol. The molecule has 4 unspecified atom stereocenters. The molecule has 3 saturated heterocycles. The second-order valence-corrected chi connectivity index (χ2v) is 24.8. The van der Waals surface area contributed by atoms with Crippen LogP contribution in [0.25, 0.3) is 33.5 Å². The fraction of sp³-hybridized carbons (Fsp3) is 0.571. The number of nitrogens with one attached hydrogen (secondary N) is 2. The summed E-state index contributed by atoms with van der Waals surface area (Å²) >= 11 is 4.95. The molecule has 15 N–H and O–H groups in total. The molecule has 3 aliphatic heterocycles. The quantitative estimate of drug-likeness (QED) is 0.0234. The highest BCUT2D eigenvalue weighted by atomic mass is 32.5. The molecule has 0 spiro atoms. The largest absolute Gasteiger partial charge is 0.488 e. The van der Waals surface area contributed by atoms with Crippen LogP contribution >= 0.6 is 30.2 Å². The average molecular weight is 1200 g/mol. The van der Waals surface area contributed by atoms with Gasteiger partial charge in [0, 0.05) is 26.7 Å². The number of fused-ring (bicyclic) bond motifs is 3. The number of H-pyrrole nitrogens is 2. The van der Waals surface area contributed by atoms with Crippen LogP contribution in [0, 0.1) is 5.92 Å². The Morgan fingerprint density at radius 2 is 1.37 bits per heavy atom. The third kappa shape index (κ3) is 11.9. The molecule has 0 bridgehead atoms. The van der Waals surface area contributed by atoms with E-state index >= 15 is 0 Å². The summed E-state index contributed by atoms with van der Waals surface area (Å²) < 4.78 is 104. The minimum Gasteiger partial charge on any atom is -0.387 e. The Morgan fingerprint density at radius 1 is 0.731 bits per heavy atom. The Balaban J connectivity index is 0.871. The van der Waals surface area contributed by atoms with E-state index in [0.717, 1.165) is 24.3 Å². The second-order valence-electron chi connectivity index (χ2n) is 17.4. The first kappa shape index (κ1) is 57.9. The molecule has 0 radical (unpaired) electrons. The zero-order valence-corrected chi connectivity index (χ0v) is 44.7. The van der Waals surface area contributed by atoms with Crippen molar-refractivity contribution in [2.75, 3.05) is 57.8 Å². The van der Waals surface area contributed by atoms with Crippen LogP contribution in [-0.4, -0.2) is 178 Å². The van der Waals surface area contributed by atoms with E-state index in [1.807, 2.05) is 0 Å². The number of imidazole rings is 3. The number of aliphatic hydroxyl groups is 3. The number of nitrogens with two attached hydrogens (primary N) is 3. The first-order valence-electron chi connectivity index (χ1n) is 22.5. The standard InChI is InChI=1S/C35H49N15O23P4S/c1-47-12-50(28-19(47)30(55)46-35(38)44-28)31-20(51)13(4-5-63-2)14(68-31)6-66-75(58,59)72-76(60,61)73-77(62,78)67-8-16-23(24(64-3)33(70-16)48-10-41-17-25(36)39-9-40-26(17)48)71-74(56,57)65-7-15-21(52)22(53)32(69-15)49-11-42-18-27(49)43-34(37)45-29(18)54/h9-16,20-24,31-33,51-53H,4-8H2,1-3H3,(H11-,36,37,38,39,40,43,44,45,46,54,55,56,57,58,59,60,61,62,78)/p+1/t13-,14-,15-,16-,20-,21-,22-,23-,24-,31-,32-,33-,77?/m1/s1. The van der Waals surface area contributed by atoms with Crippen molar-refractivity contribution in [3.05, 3.63) is 46.0 Å². The van der Waals surface area contributed by atoms with Gasteiger partial charge in [-0.05, 0) is 18.2 Å². The normalized spacial score (nSPS) is 29.8. The molecule has 0 saturated carbocycles. The molecule has 16 atom stereocenters. The summed E-state index contributed by atoms with van der Waals surface area (Å²) in [6.45, 7) is -7.93. The highest BCUT2D eigenvalue weighted by Gasteiger charge is 2.53. The van der Waals surface area contributed by atoms with Gasteiger partial charge in [0.1, 0.15) is 54.6 Å². The number of nitrogens with zero attached hydrogens (tertiary/aromatic N) is 10. The SMILES string of the molecule is COCC[C@H]1[C@@H](O)[C@H]([n+]2cn(C)c3c(=O)[nH]c(N)nc32)O[C@@H]1COP(=O)(O)OP(=O)(O)OP(O)(=S)OC[C@H]1O[C@@H](n2cnc3c(N)ncnc32)[C@H](OC)[C@@H]1OP(=O)(O)OC[C@H]1O[C@@H](n2cnc3c(=O)[nH]c(N)nc32)[C@H](O)[C@@H]1O. The van der Waals surface area contributed by atoms with Crippen molar-refractivity contribution >= 4 is 93.2 Å². The second kappa shape index (κ2) is 22.3. The molecule has 3 aliphatic rings. The highest BCUT2D eigenvalue weighted by Crippen LogP contribution is 2.68. The number of aliphatic hydroxyl groups excluding tert-OH is 3. The zero-order valence-electron chi connectivity index (χ0n) is 40.3. The van der Waals surface area contributed by atoms with Gasteiger partial charge in [0.15, 0.2) is 41.4 Å². The number of rotatable bonds is 22. The van der Waals surface area contributed by atoms with Gasteiger partial charge in [-0.2, -0.15) is 9.29 Å². The van der Waals surface area contributed by atoms with Crippen LogP contribution in [0.15, 0.2) is 34.9 Å². The maximum absolute atomic E-state index is 13.8. The van der Waals surface area contributed by atoms with Gasteiger partial charge in [0.05, 0.1) is 45.6 Å². The fourth-order valence-electron chi connectivity index (χ4n) is 8.99. The molecule has 0 aliphatic carbocycles. The molecular formula is C35H50N15O23P4S+. The van der Waals surface area contributed by atoms with Crippen molar-refractivity contribution in [1.82, 2.24) is 53.6 Å². The molecular weight excluding hydrogens is 1150 g/mol. The number of phosphoric ester groups is 2. The van der Waals surface area contributed by atoms with Crippen LogP contribution in [0.2, 0.25) is 0 Å². The van der Waals surface area contributed by atoms with Crippen molar-refractivity contribution in [1.29, 1.82) is 0 Å². The number of hydrogen-bond acceptors (Lipinski definition) is 29. The minimum absolute atomic E-state index is 0.0131. The van der Waals surface area contributed by atoms with Crippen molar-refractivity contribution < 1.29 is 104 Å². The van der Waals surface area contributed by atoms with Crippen molar-refractivity contribution in [2.45, 2.75) is 73.9 Å². The third-order valence-corrected chi connectivity index (χ3v) is 18.6. The summed E-state index contributed by atoms with van der Waals surface area (Å²) in [5.41, 5.74) is 16.0. The highest BCUT2D eigenvalue weighted by molar-refractivity contribution is 8.08. The summed E-state index contributed by atoms with van der Waals surface area (Å²) in [6, 6.07) is 0. The molecule has 428 valence electrons. The molecule has 6 aromatic rings. The predicted octanol–water partition coefficient (Wildman–Crippen LogP) is -3.30. The fourth-order valence-corrected chi connectivity index (χ4v) is 14.4. The Labute approximate surface area is 439 Å². The van der Waals surface area contributed by atoms with E-state index in [0.29, 0.717) is 0 Å². The van der Waals surface area contributed by atoms with Gasteiger partial charge in [0.2, 0.25) is 17.7 Å². The van der Waals surface area contributed by atoms with Gasteiger partial charge in [-0.15, -0.1) is 0 Å². The summed E-state index contributed by atoms with van der Waals surface area (Å²) in [5.74, 6) is -1.50. The Morgan fingerprint density at radius 3 is 2.09 bits per heavy atom. The average Bonchev–Trinajstić information content (AvgIpc) is 4.39. The molecule has 9 heterocycles. The van der Waals surface area contributed by atoms with Gasteiger partial charge >= 0.3 is 35.8 Å². The first-order valence-corrected chi connectivity index (χ1v) is 29.6. The van der Waals surface area contributed by atoms with Crippen molar-refractivity contribution in [2.24, 2.45) is 13.0 Å². The van der Waals surface area contributed by atoms with E-state index in [2.05, 4.69) is 48.5 Å². The van der Waals surface area contributed by atoms with Crippen LogP contribution in [0.4, 0.5) is 17.7 Å². The smallest absolute Gasteiger partial charge is 0.387 e. The number of hydrogen-bond donors (Lipinski definition) is 12. The van der Waals surface area contributed by atoms with Crippen molar-refractivity contribution in [3.63, 3.8) is 0 Å². The molecule has 0 aromatic carbocycles. The number of nitrogen functional groups attached to an aromatic ring is 3. The maximum Gasteiger partial charge on any atom is 0.488 e. The first-order chi connectivity index (χ1) is 36.7. The van der Waals surface area contributed by atoms with Crippen LogP contribution in [0.3, 0.4) is 0 Å². The molecule has 3 fully saturated rings. The van der Waals surface area contributed by atoms with Crippen LogP contribution in [0.1, 0.15) is 25.1 Å². The van der Waals surface area contributed by atoms with Gasteiger partial charge in [-0.25, -0.2) is 42.5 Å². The molecule has 43 heteroatoms. The molecule has 78 heavy (non-hydrogen) atoms. The van der Waals surface area contributed by atoms with E-state index in [1.54, 1.807) is 0 Å². The zero-order chi connectivity index (χ0) is 56.4. The van der Waals surface area contributed by atoms with Crippen molar-refractivity contribution in [3.8, 4) is 0 Å². The number of methoxy groups -OCH3 is 2. The van der Waals surface area contributed by atoms with Crippen LogP contribution in [-0.2, 0) is 83.0 Å². The lowest BCUT2D eigenvalue weighted by Crippen LogP contribution is -2.45. The topological polar surface area (TPSA) is 534 Å². The summed E-state index contributed by atoms with van der Waals surface area (Å²) in [4.78, 5) is 97.4. The van der Waals surface area contributed by atoms with E-state index in [4.69, 9.17) is 70.8 Å². The number of anilines is 3. The lowest BCUT2D eigenvalue weighted by Gasteiger charge is -2.26. The van der Waals surface area contributed by atoms with E-state index in [-0.39, 0.29) is 64.2 Å². The summed E-state index contributed by atoms with van der Waals surface area (Å²) in [6.07, 6.45) is -12.0. The summed E-state index contributed by atoms with van der Waals surface area (Å²) in [5, 5.41) is 33.2. The lowest BCUT2D eigenvalue weighted by atomic mass is 9.95. The molecule has 9 rings (SSSR count). The predicted molar refractivity (Wildman–Crippen MR) is 260 cm³/mol. The minimum atomic E-state index is -5.97. The third-order valence-electron chi connectivity index (χ3n) is 12.4. The number of phosphoric acid groups is 3.